The van der Waals surface area contributed by atoms with Gasteiger partial charge in [-0.3, -0.25) is 14.9 Å². The summed E-state index contributed by atoms with van der Waals surface area (Å²) < 4.78 is 21.4. The van der Waals surface area contributed by atoms with E-state index in [-0.39, 0.29) is 16.2 Å². The van der Waals surface area contributed by atoms with Gasteiger partial charge in [-0.15, -0.1) is 0 Å². The summed E-state index contributed by atoms with van der Waals surface area (Å²) in [7, 11) is 1.77. The van der Waals surface area contributed by atoms with E-state index < -0.39 is 17.6 Å². The van der Waals surface area contributed by atoms with Gasteiger partial charge in [-0.2, -0.15) is 0 Å². The zero-order valence-electron chi connectivity index (χ0n) is 14.5. The molecule has 0 spiro atoms. The second-order valence-electron chi connectivity index (χ2n) is 6.62. The number of hydrogen-bond acceptors (Lipinski definition) is 3. The van der Waals surface area contributed by atoms with E-state index in [0.29, 0.717) is 33.0 Å². The molecule has 138 valence electrons. The highest BCUT2D eigenvalue weighted by Crippen LogP contribution is 2.39. The number of halogens is 2. The fraction of sp³-hybridized carbons (Fsp3) is 0.0476. The number of benzene rings is 2. The third kappa shape index (κ3) is 2.25. The van der Waals surface area contributed by atoms with Crippen molar-refractivity contribution >= 4 is 56.4 Å². The predicted octanol–water partition coefficient (Wildman–Crippen LogP) is 4.28. The molecular formula is C21H12ClFN2O3. The summed E-state index contributed by atoms with van der Waals surface area (Å²) in [6, 6.07) is 10.0. The second-order valence-corrected chi connectivity index (χ2v) is 7.02. The van der Waals surface area contributed by atoms with Crippen molar-refractivity contribution in [2.24, 2.45) is 7.05 Å². The van der Waals surface area contributed by atoms with Gasteiger partial charge in [0.05, 0.1) is 27.9 Å². The molecule has 1 aliphatic rings. The molecule has 0 unspecified atom stereocenters. The molecule has 0 saturated heterocycles. The Labute approximate surface area is 163 Å². The maximum absolute atomic E-state index is 14.1. The third-order valence-corrected chi connectivity index (χ3v) is 5.27. The molecule has 0 bridgehead atoms. The molecule has 28 heavy (non-hydrogen) atoms. The maximum Gasteiger partial charge on any atom is 0.259 e. The van der Waals surface area contributed by atoms with E-state index in [9.17, 15) is 14.0 Å². The summed E-state index contributed by atoms with van der Waals surface area (Å²) in [6.45, 7) is 0. The molecule has 0 radical (unpaired) electrons. The fourth-order valence-electron chi connectivity index (χ4n) is 3.72. The molecule has 3 heterocycles. The predicted molar refractivity (Wildman–Crippen MR) is 104 cm³/mol. The molecule has 5 nitrogen and oxygen atoms in total. The topological polar surface area (TPSA) is 64.2 Å². The molecule has 0 saturated carbocycles. The van der Waals surface area contributed by atoms with Gasteiger partial charge < -0.3 is 8.98 Å². The molecule has 0 atom stereocenters. The molecule has 2 aromatic heterocycles. The molecule has 5 rings (SSSR count). The largest absolute Gasteiger partial charge is 0.464 e. The van der Waals surface area contributed by atoms with Crippen LogP contribution in [0.25, 0.3) is 33.0 Å². The van der Waals surface area contributed by atoms with Crippen molar-refractivity contribution in [1.82, 2.24) is 9.88 Å². The van der Waals surface area contributed by atoms with Gasteiger partial charge in [0.2, 0.25) is 0 Å². The van der Waals surface area contributed by atoms with E-state index in [0.717, 1.165) is 0 Å². The Kier molecular flexibility index (Phi) is 3.48. The van der Waals surface area contributed by atoms with Crippen molar-refractivity contribution in [2.45, 2.75) is 0 Å². The standard InChI is InChI=1S/C21H12ClFN2O3/c1-25-8-12(11-6-15(23)14(22)7-16(11)25)18-19(21(27)24-20(18)26)13-9-28-17-5-3-2-4-10(13)17/h2-9H,1H3,(H,24,26,27). The van der Waals surface area contributed by atoms with Crippen LogP contribution in [-0.2, 0) is 16.6 Å². The first kappa shape index (κ1) is 16.8. The fourth-order valence-corrected chi connectivity index (χ4v) is 3.87. The summed E-state index contributed by atoms with van der Waals surface area (Å²) in [5, 5.41) is 3.55. The molecule has 2 amide bonds. The Morgan fingerprint density at radius 2 is 1.75 bits per heavy atom. The van der Waals surface area contributed by atoms with E-state index in [2.05, 4.69) is 5.32 Å². The van der Waals surface area contributed by atoms with Crippen LogP contribution in [0.1, 0.15) is 11.1 Å². The van der Waals surface area contributed by atoms with Crippen LogP contribution in [0.5, 0.6) is 0 Å². The number of para-hydroxylation sites is 1. The van der Waals surface area contributed by atoms with Gasteiger partial charge in [-0.25, -0.2) is 4.39 Å². The minimum Gasteiger partial charge on any atom is -0.464 e. The zero-order chi connectivity index (χ0) is 19.6. The highest BCUT2D eigenvalue weighted by molar-refractivity contribution is 6.50. The van der Waals surface area contributed by atoms with Crippen molar-refractivity contribution in [1.29, 1.82) is 0 Å². The van der Waals surface area contributed by atoms with Gasteiger partial charge in [-0.1, -0.05) is 29.8 Å². The molecule has 1 N–H and O–H groups in total. The minimum absolute atomic E-state index is 0.0118. The van der Waals surface area contributed by atoms with Crippen molar-refractivity contribution in [3.05, 3.63) is 70.8 Å². The number of imide groups is 1. The van der Waals surface area contributed by atoms with E-state index in [1.54, 1.807) is 23.9 Å². The SMILES string of the molecule is Cn1cc(C2=C(c3coc4ccccc34)C(=O)NC2=O)c2cc(F)c(Cl)cc21. The molecule has 4 aromatic rings. The average molecular weight is 395 g/mol. The number of rotatable bonds is 2. The molecular weight excluding hydrogens is 383 g/mol. The Morgan fingerprint density at radius 3 is 2.54 bits per heavy atom. The molecule has 0 aliphatic carbocycles. The Balaban J connectivity index is 1.86. The Bertz CT molecular complexity index is 1360. The molecule has 2 aromatic carbocycles. The number of hydrogen-bond donors (Lipinski definition) is 1. The van der Waals surface area contributed by atoms with Crippen LogP contribution in [0, 0.1) is 5.82 Å². The van der Waals surface area contributed by atoms with E-state index >= 15 is 0 Å². The third-order valence-electron chi connectivity index (χ3n) is 4.98. The normalized spacial score (nSPS) is 14.5. The first-order valence-electron chi connectivity index (χ1n) is 8.46. The van der Waals surface area contributed by atoms with Crippen molar-refractivity contribution in [2.75, 3.05) is 0 Å². The second kappa shape index (κ2) is 5.81. The molecule has 1 aliphatic heterocycles. The van der Waals surface area contributed by atoms with E-state index in [1.165, 1.54) is 18.4 Å². The Morgan fingerprint density at radius 1 is 1.04 bits per heavy atom. The van der Waals surface area contributed by atoms with Crippen LogP contribution in [0.3, 0.4) is 0 Å². The van der Waals surface area contributed by atoms with E-state index in [1.807, 2.05) is 18.2 Å². The number of amides is 2. The van der Waals surface area contributed by atoms with Crippen molar-refractivity contribution in [3.8, 4) is 0 Å². The minimum atomic E-state index is -0.595. The monoisotopic (exact) mass is 394 g/mol. The summed E-state index contributed by atoms with van der Waals surface area (Å²) >= 11 is 5.91. The van der Waals surface area contributed by atoms with Gasteiger partial charge in [0.15, 0.2) is 0 Å². The zero-order valence-corrected chi connectivity index (χ0v) is 15.3. The summed E-state index contributed by atoms with van der Waals surface area (Å²) in [6.07, 6.45) is 3.15. The average Bonchev–Trinajstić information content (AvgIpc) is 3.30. The highest BCUT2D eigenvalue weighted by atomic mass is 35.5. The van der Waals surface area contributed by atoms with E-state index in [4.69, 9.17) is 16.0 Å². The van der Waals surface area contributed by atoms with Crippen LogP contribution >= 0.6 is 11.6 Å². The lowest BCUT2D eigenvalue weighted by molar-refractivity contribution is -0.122. The van der Waals surface area contributed by atoms with Gasteiger partial charge in [0.25, 0.3) is 11.8 Å². The van der Waals surface area contributed by atoms with Crippen LogP contribution in [0.15, 0.2) is 53.3 Å². The smallest absolute Gasteiger partial charge is 0.259 e. The van der Waals surface area contributed by atoms with Gasteiger partial charge in [-0.05, 0) is 18.2 Å². The van der Waals surface area contributed by atoms with Gasteiger partial charge >= 0.3 is 0 Å². The lowest BCUT2D eigenvalue weighted by Crippen LogP contribution is -2.22. The lowest BCUT2D eigenvalue weighted by Gasteiger charge is -2.03. The molecule has 0 fully saturated rings. The highest BCUT2D eigenvalue weighted by Gasteiger charge is 2.35. The Hall–Kier alpha value is -3.38. The number of aryl methyl sites for hydroxylation is 1. The maximum atomic E-state index is 14.1. The molecule has 7 heteroatoms. The van der Waals surface area contributed by atoms with Gasteiger partial charge in [0, 0.05) is 35.1 Å². The number of fused-ring (bicyclic) bond motifs is 2. The van der Waals surface area contributed by atoms with Gasteiger partial charge in [0.1, 0.15) is 11.4 Å². The summed E-state index contributed by atoms with van der Waals surface area (Å²) in [5.41, 5.74) is 2.61. The van der Waals surface area contributed by atoms with Crippen LogP contribution in [0.2, 0.25) is 5.02 Å². The first-order valence-corrected chi connectivity index (χ1v) is 8.84. The number of carbonyl (C=O) groups excluding carboxylic acids is 2. The number of nitrogens with one attached hydrogen (secondary N) is 1. The van der Waals surface area contributed by atoms with Crippen LogP contribution in [-0.4, -0.2) is 16.4 Å². The number of furan rings is 1. The number of aromatic nitrogens is 1. The van der Waals surface area contributed by atoms with Crippen LogP contribution in [0.4, 0.5) is 4.39 Å². The van der Waals surface area contributed by atoms with Crippen molar-refractivity contribution < 1.29 is 18.4 Å². The number of carbonyl (C=O) groups is 2. The quantitative estimate of drug-likeness (QED) is 0.516. The van der Waals surface area contributed by atoms with Crippen LogP contribution < -0.4 is 5.32 Å². The summed E-state index contributed by atoms with van der Waals surface area (Å²) in [5.74, 6) is -1.65. The first-order chi connectivity index (χ1) is 13.5. The summed E-state index contributed by atoms with van der Waals surface area (Å²) in [4.78, 5) is 25.3. The van der Waals surface area contributed by atoms with Crippen molar-refractivity contribution in [3.63, 3.8) is 0 Å². The lowest BCUT2D eigenvalue weighted by atomic mass is 9.95. The number of nitrogens with zero attached hydrogens (tertiary/aromatic N) is 1.